The van der Waals surface area contributed by atoms with Crippen molar-refractivity contribution in [3.05, 3.63) is 47.7 Å². The fraction of sp³-hybridized carbons (Fsp3) is 0.581. The molecule has 0 aliphatic heterocycles. The first-order valence-electron chi connectivity index (χ1n) is 15.4. The molecule has 3 heterocycles. The summed E-state index contributed by atoms with van der Waals surface area (Å²) in [6.45, 7) is 13.2. The van der Waals surface area contributed by atoms with Crippen molar-refractivity contribution in [2.75, 3.05) is 25.6 Å². The fourth-order valence-electron chi connectivity index (χ4n) is 4.84. The number of hydrogen-bond donors (Lipinski definition) is 2. The summed E-state index contributed by atoms with van der Waals surface area (Å²) in [5, 5.41) is 14.7. The first-order valence-corrected chi connectivity index (χ1v) is 20.0. The van der Waals surface area contributed by atoms with Crippen molar-refractivity contribution in [3.63, 3.8) is 0 Å². The molecule has 0 unspecified atom stereocenters. The molecular weight excluding hydrogens is 633 g/mol. The fourth-order valence-corrected chi connectivity index (χ4v) is 5.91. The Morgan fingerprint density at radius 1 is 1.07 bits per heavy atom. The second-order valence-electron chi connectivity index (χ2n) is 12.2. The number of nitrogens with zero attached hydrogens (tertiary/aromatic N) is 5. The van der Waals surface area contributed by atoms with Gasteiger partial charge in [-0.3, -0.25) is 19.3 Å². The van der Waals surface area contributed by atoms with Crippen molar-refractivity contribution in [2.45, 2.75) is 95.8 Å². The maximum atomic E-state index is 13.4. The van der Waals surface area contributed by atoms with Crippen molar-refractivity contribution >= 4 is 48.8 Å². The maximum Gasteiger partial charge on any atom is 0.270 e. The van der Waals surface area contributed by atoms with Crippen molar-refractivity contribution < 1.29 is 19.1 Å². The third-order valence-electron chi connectivity index (χ3n) is 7.27. The average molecular weight is 681 g/mol. The molecule has 45 heavy (non-hydrogen) atoms. The van der Waals surface area contributed by atoms with E-state index in [-0.39, 0.29) is 5.91 Å². The van der Waals surface area contributed by atoms with Crippen molar-refractivity contribution in [1.29, 1.82) is 0 Å². The second kappa shape index (κ2) is 17.8. The van der Waals surface area contributed by atoms with Crippen LogP contribution in [0.25, 0.3) is 11.3 Å². The van der Waals surface area contributed by atoms with Gasteiger partial charge in [0.1, 0.15) is 23.3 Å². The first-order chi connectivity index (χ1) is 21.4. The molecule has 3 aromatic heterocycles. The highest BCUT2D eigenvalue weighted by Gasteiger charge is 2.24. The van der Waals surface area contributed by atoms with Gasteiger partial charge in [0, 0.05) is 46.7 Å². The molecule has 2 amide bonds. The molecule has 0 saturated carbocycles. The zero-order valence-corrected chi connectivity index (χ0v) is 29.7. The molecule has 3 rings (SSSR count). The van der Waals surface area contributed by atoms with E-state index >= 15 is 0 Å². The summed E-state index contributed by atoms with van der Waals surface area (Å²) in [5.41, 5.74) is 4.52. The smallest absolute Gasteiger partial charge is 0.270 e. The summed E-state index contributed by atoms with van der Waals surface area (Å²) >= 11 is 11.8. The van der Waals surface area contributed by atoms with Crippen molar-refractivity contribution in [1.82, 2.24) is 29.9 Å². The summed E-state index contributed by atoms with van der Waals surface area (Å²) in [7, 11) is 0.451. The van der Waals surface area contributed by atoms with E-state index in [2.05, 4.69) is 47.3 Å². The van der Waals surface area contributed by atoms with Crippen LogP contribution in [-0.4, -0.2) is 75.6 Å². The van der Waals surface area contributed by atoms with E-state index < -0.39 is 24.9 Å². The maximum absolute atomic E-state index is 13.4. The number of carbonyl (C=O) groups is 2. The van der Waals surface area contributed by atoms with Gasteiger partial charge in [-0.05, 0) is 63.3 Å². The molecule has 248 valence electrons. The standard InChI is InChI=1S/C31H47Cl2N7O4Si/c1-7-26-29(22(2)38-40(26)21-44-18-19-45(4,5)6)24-13-12-23(20-34-24)36-30(41)25(10-8-11-28(32)33)37-31(42)27-14-15-35-39(27)16-9-17-43-3/h12-15,20,25,28H,7-11,16-19,21H2,1-6H3,(H,36,41)(H,37,42)/t25-/m0/s1. The molecule has 14 heteroatoms. The quantitative estimate of drug-likeness (QED) is 0.0895. The number of rotatable bonds is 19. The van der Waals surface area contributed by atoms with Crippen LogP contribution < -0.4 is 10.6 Å². The minimum Gasteiger partial charge on any atom is -0.385 e. The van der Waals surface area contributed by atoms with Gasteiger partial charge in [-0.1, -0.05) is 26.6 Å². The number of ether oxygens (including phenoxy) is 2. The number of aromatic nitrogens is 5. The molecular formula is C31H47Cl2N7O4Si. The minimum atomic E-state index is -1.17. The SMILES string of the molecule is CCc1c(-c2ccc(NC(=O)[C@H](CCCC(Cl)Cl)NC(=O)c3ccnn3CCCOC)cn2)c(C)nn1COCC[Si](C)(C)C. The lowest BCUT2D eigenvalue weighted by atomic mass is 10.1. The number of nitrogens with one attached hydrogen (secondary N) is 2. The van der Waals surface area contributed by atoms with Crippen LogP contribution in [0, 0.1) is 6.92 Å². The Bertz CT molecular complexity index is 1370. The van der Waals surface area contributed by atoms with Crippen molar-refractivity contribution in [2.24, 2.45) is 0 Å². The van der Waals surface area contributed by atoms with Gasteiger partial charge in [-0.2, -0.15) is 10.2 Å². The average Bonchev–Trinajstić information content (AvgIpc) is 3.58. The zero-order valence-electron chi connectivity index (χ0n) is 27.2. The number of alkyl halides is 2. The summed E-state index contributed by atoms with van der Waals surface area (Å²) in [6, 6.07) is 5.58. The highest BCUT2D eigenvalue weighted by Crippen LogP contribution is 2.27. The molecule has 0 radical (unpaired) electrons. The van der Waals surface area contributed by atoms with Gasteiger partial charge >= 0.3 is 0 Å². The van der Waals surface area contributed by atoms with Gasteiger partial charge in [0.15, 0.2) is 0 Å². The van der Waals surface area contributed by atoms with E-state index in [0.29, 0.717) is 56.9 Å². The van der Waals surface area contributed by atoms with Gasteiger partial charge < -0.3 is 20.1 Å². The highest BCUT2D eigenvalue weighted by atomic mass is 35.5. The number of carbonyl (C=O) groups excluding carboxylic acids is 2. The third kappa shape index (κ3) is 11.5. The van der Waals surface area contributed by atoms with Crippen molar-refractivity contribution in [3.8, 4) is 11.3 Å². The Balaban J connectivity index is 1.70. The molecule has 3 aromatic rings. The molecule has 0 saturated heterocycles. The normalized spacial score (nSPS) is 12.5. The minimum absolute atomic E-state index is 0.356. The third-order valence-corrected chi connectivity index (χ3v) is 9.41. The van der Waals surface area contributed by atoms with Gasteiger partial charge in [-0.25, -0.2) is 4.68 Å². The summed E-state index contributed by atoms with van der Waals surface area (Å²) in [6.07, 6.45) is 6.04. The van der Waals surface area contributed by atoms with E-state index in [9.17, 15) is 9.59 Å². The van der Waals surface area contributed by atoms with E-state index in [1.807, 2.05) is 17.7 Å². The number of aryl methyl sites for hydroxylation is 2. The van der Waals surface area contributed by atoms with E-state index in [0.717, 1.165) is 41.7 Å². The number of hydrogen-bond acceptors (Lipinski definition) is 7. The van der Waals surface area contributed by atoms with Crippen LogP contribution in [0.5, 0.6) is 0 Å². The Kier molecular flexibility index (Phi) is 14.5. The highest BCUT2D eigenvalue weighted by molar-refractivity contribution is 6.76. The van der Waals surface area contributed by atoms with Crippen LogP contribution in [0.1, 0.15) is 54.5 Å². The molecule has 0 aliphatic rings. The van der Waals surface area contributed by atoms with Crippen LogP contribution in [0.3, 0.4) is 0 Å². The number of halogens is 2. The Morgan fingerprint density at radius 3 is 2.49 bits per heavy atom. The summed E-state index contributed by atoms with van der Waals surface area (Å²) in [5.74, 6) is -0.756. The van der Waals surface area contributed by atoms with Gasteiger partial charge in [-0.15, -0.1) is 23.2 Å². The molecule has 0 aromatic carbocycles. The predicted molar refractivity (Wildman–Crippen MR) is 182 cm³/mol. The molecule has 0 fully saturated rings. The Hall–Kier alpha value is -2.77. The number of anilines is 1. The van der Waals surface area contributed by atoms with E-state index in [1.165, 1.54) is 0 Å². The molecule has 0 bridgehead atoms. The van der Waals surface area contributed by atoms with Crippen LogP contribution in [0.15, 0.2) is 30.6 Å². The monoisotopic (exact) mass is 679 g/mol. The zero-order chi connectivity index (χ0) is 33.0. The van der Waals surface area contributed by atoms with Gasteiger partial charge in [0.05, 0.1) is 29.0 Å². The lowest BCUT2D eigenvalue weighted by Gasteiger charge is -2.19. The van der Waals surface area contributed by atoms with Crippen LogP contribution in [0.2, 0.25) is 25.7 Å². The van der Waals surface area contributed by atoms with Crippen LogP contribution in [0.4, 0.5) is 5.69 Å². The summed E-state index contributed by atoms with van der Waals surface area (Å²) < 4.78 is 14.6. The van der Waals surface area contributed by atoms with Gasteiger partial charge in [0.25, 0.3) is 5.91 Å². The molecule has 11 nitrogen and oxygen atoms in total. The lowest BCUT2D eigenvalue weighted by molar-refractivity contribution is -0.118. The Labute approximate surface area is 277 Å². The number of pyridine rings is 1. The van der Waals surface area contributed by atoms with Crippen LogP contribution >= 0.6 is 23.2 Å². The molecule has 0 spiro atoms. The van der Waals surface area contributed by atoms with E-state index in [1.54, 1.807) is 36.3 Å². The predicted octanol–water partition coefficient (Wildman–Crippen LogP) is 6.07. The number of methoxy groups -OCH3 is 1. The molecule has 1 atom stereocenters. The van der Waals surface area contributed by atoms with Gasteiger partial charge in [0.2, 0.25) is 5.91 Å². The lowest BCUT2D eigenvalue weighted by Crippen LogP contribution is -2.44. The number of amides is 2. The molecule has 2 N–H and O–H groups in total. The largest absolute Gasteiger partial charge is 0.385 e. The topological polar surface area (TPSA) is 125 Å². The van der Waals surface area contributed by atoms with Crippen LogP contribution in [-0.2, 0) is 34.0 Å². The second-order valence-corrected chi connectivity index (χ2v) is 19.1. The first kappa shape index (κ1) is 36.7. The Morgan fingerprint density at radius 2 is 1.84 bits per heavy atom. The molecule has 0 aliphatic carbocycles. The summed E-state index contributed by atoms with van der Waals surface area (Å²) in [4.78, 5) is 30.7. The van der Waals surface area contributed by atoms with E-state index in [4.69, 9.17) is 37.8 Å².